The molecule has 1 aliphatic heterocycles. The van der Waals surface area contributed by atoms with Gasteiger partial charge < -0.3 is 19.5 Å². The average molecular weight is 356 g/mol. The number of nitrogens with zero attached hydrogens (tertiary/aromatic N) is 4. The van der Waals surface area contributed by atoms with Crippen LogP contribution in [0.2, 0.25) is 0 Å². The molecule has 1 fully saturated rings. The summed E-state index contributed by atoms with van der Waals surface area (Å²) in [6.07, 6.45) is 7.04. The van der Waals surface area contributed by atoms with Crippen molar-refractivity contribution in [3.05, 3.63) is 48.0 Å². The fourth-order valence-electron chi connectivity index (χ4n) is 3.59. The molecule has 2 aromatic rings. The van der Waals surface area contributed by atoms with Crippen molar-refractivity contribution in [3.63, 3.8) is 0 Å². The number of imidazole rings is 1. The average Bonchev–Trinajstić information content (AvgIpc) is 3.10. The summed E-state index contributed by atoms with van der Waals surface area (Å²) in [5.41, 5.74) is 0.623. The van der Waals surface area contributed by atoms with E-state index in [0.29, 0.717) is 12.1 Å². The van der Waals surface area contributed by atoms with E-state index in [1.165, 1.54) is 0 Å². The largest absolute Gasteiger partial charge is 0.508 e. The van der Waals surface area contributed by atoms with Gasteiger partial charge in [0.1, 0.15) is 11.6 Å². The zero-order valence-corrected chi connectivity index (χ0v) is 15.6. The third-order valence-electron chi connectivity index (χ3n) is 4.94. The Kier molecular flexibility index (Phi) is 5.93. The molecule has 0 radical (unpaired) electrons. The summed E-state index contributed by atoms with van der Waals surface area (Å²) in [5, 5.41) is 9.41. The Bertz CT molecular complexity index is 724. The Balaban J connectivity index is 1.66. The monoisotopic (exact) mass is 356 g/mol. The number of aryl methyl sites for hydroxylation is 1. The van der Waals surface area contributed by atoms with Crippen molar-refractivity contribution < 1.29 is 9.90 Å². The first kappa shape index (κ1) is 18.5. The molecule has 26 heavy (non-hydrogen) atoms. The molecule has 3 rings (SSSR count). The maximum atomic E-state index is 12.8. The number of amides is 1. The van der Waals surface area contributed by atoms with E-state index in [4.69, 9.17) is 0 Å². The highest BCUT2D eigenvalue weighted by Gasteiger charge is 2.27. The molecule has 140 valence electrons. The van der Waals surface area contributed by atoms with Gasteiger partial charge in [-0.05, 0) is 64.2 Å². The molecule has 6 heteroatoms. The van der Waals surface area contributed by atoms with Gasteiger partial charge in [0.2, 0.25) is 0 Å². The van der Waals surface area contributed by atoms with Gasteiger partial charge in [-0.1, -0.05) is 0 Å². The predicted octanol–water partition coefficient (Wildman–Crippen LogP) is 2.56. The maximum absolute atomic E-state index is 12.8. The summed E-state index contributed by atoms with van der Waals surface area (Å²) in [6, 6.07) is 6.49. The summed E-state index contributed by atoms with van der Waals surface area (Å²) in [6.45, 7) is 3.48. The van der Waals surface area contributed by atoms with Crippen LogP contribution in [0.3, 0.4) is 0 Å². The number of likely N-dealkylation sites (tertiary alicyclic amines) is 1. The summed E-state index contributed by atoms with van der Waals surface area (Å²) >= 11 is 0. The molecule has 0 bridgehead atoms. The van der Waals surface area contributed by atoms with E-state index in [1.807, 2.05) is 17.3 Å². The second-order valence-electron chi connectivity index (χ2n) is 7.27. The highest BCUT2D eigenvalue weighted by atomic mass is 16.3. The van der Waals surface area contributed by atoms with Crippen molar-refractivity contribution in [1.82, 2.24) is 19.4 Å². The van der Waals surface area contributed by atoms with Gasteiger partial charge in [-0.2, -0.15) is 0 Å². The number of hydrogen-bond acceptors (Lipinski definition) is 4. The molecular formula is C20H28N4O2. The Morgan fingerprint density at radius 1 is 1.31 bits per heavy atom. The highest BCUT2D eigenvalue weighted by molar-refractivity contribution is 5.94. The van der Waals surface area contributed by atoms with E-state index >= 15 is 0 Å². The van der Waals surface area contributed by atoms with Crippen LogP contribution in [0.25, 0.3) is 0 Å². The zero-order valence-electron chi connectivity index (χ0n) is 15.6. The number of carbonyl (C=O) groups excluding carboxylic acids is 1. The van der Waals surface area contributed by atoms with Gasteiger partial charge in [-0.25, -0.2) is 4.98 Å². The number of carbonyl (C=O) groups is 1. The van der Waals surface area contributed by atoms with Crippen molar-refractivity contribution >= 4 is 5.91 Å². The lowest BCUT2D eigenvalue weighted by atomic mass is 9.96. The van der Waals surface area contributed by atoms with Gasteiger partial charge >= 0.3 is 0 Å². The Hall–Kier alpha value is -2.34. The van der Waals surface area contributed by atoms with Gasteiger partial charge in [0.05, 0.1) is 0 Å². The van der Waals surface area contributed by atoms with E-state index in [-0.39, 0.29) is 17.6 Å². The molecule has 1 aromatic carbocycles. The predicted molar refractivity (Wildman–Crippen MR) is 101 cm³/mol. The molecule has 1 amide bonds. The van der Waals surface area contributed by atoms with E-state index in [9.17, 15) is 9.90 Å². The number of aromatic nitrogens is 2. The minimum Gasteiger partial charge on any atom is -0.508 e. The maximum Gasteiger partial charge on any atom is 0.253 e. The molecule has 1 aromatic heterocycles. The van der Waals surface area contributed by atoms with Crippen LogP contribution in [0.15, 0.2) is 36.7 Å². The molecule has 0 aliphatic carbocycles. The first-order valence-electron chi connectivity index (χ1n) is 9.28. The smallest absolute Gasteiger partial charge is 0.253 e. The summed E-state index contributed by atoms with van der Waals surface area (Å²) < 4.78 is 2.24. The summed E-state index contributed by atoms with van der Waals surface area (Å²) in [5.74, 6) is 1.57. The van der Waals surface area contributed by atoms with Gasteiger partial charge in [0.15, 0.2) is 0 Å². The number of aromatic hydroxyl groups is 1. The fourth-order valence-corrected chi connectivity index (χ4v) is 3.59. The second kappa shape index (κ2) is 8.36. The summed E-state index contributed by atoms with van der Waals surface area (Å²) in [4.78, 5) is 21.5. The van der Waals surface area contributed by atoms with Crippen molar-refractivity contribution in [2.45, 2.75) is 31.7 Å². The highest BCUT2D eigenvalue weighted by Crippen LogP contribution is 2.27. The molecular weight excluding hydrogens is 328 g/mol. The van der Waals surface area contributed by atoms with Crippen LogP contribution in [0.5, 0.6) is 5.75 Å². The molecule has 6 nitrogen and oxygen atoms in total. The van der Waals surface area contributed by atoms with Crippen molar-refractivity contribution in [3.8, 4) is 5.75 Å². The molecule has 1 N–H and O–H groups in total. The van der Waals surface area contributed by atoms with Crippen molar-refractivity contribution in [2.75, 3.05) is 33.7 Å². The zero-order chi connectivity index (χ0) is 18.5. The van der Waals surface area contributed by atoms with Crippen LogP contribution in [0.1, 0.15) is 41.4 Å². The molecule has 0 saturated carbocycles. The van der Waals surface area contributed by atoms with E-state index < -0.39 is 0 Å². The number of rotatable bonds is 6. The van der Waals surface area contributed by atoms with E-state index in [0.717, 1.165) is 44.7 Å². The normalized spacial score (nSPS) is 17.7. The van der Waals surface area contributed by atoms with Crippen LogP contribution < -0.4 is 0 Å². The second-order valence-corrected chi connectivity index (χ2v) is 7.27. The molecule has 1 atom stereocenters. The third kappa shape index (κ3) is 4.43. The lowest BCUT2D eigenvalue weighted by molar-refractivity contribution is 0.0703. The summed E-state index contributed by atoms with van der Waals surface area (Å²) in [7, 11) is 4.17. The standard InChI is InChI=1S/C20H28N4O2/c1-22(2)11-4-13-23-14-10-21-19(23)17-5-3-12-24(15-17)20(26)16-6-8-18(25)9-7-16/h6-10,14,17,25H,3-5,11-13,15H2,1-2H3. The minimum absolute atomic E-state index is 0.0282. The first-order valence-corrected chi connectivity index (χ1v) is 9.28. The Morgan fingerprint density at radius 3 is 2.81 bits per heavy atom. The number of phenols is 1. The molecule has 1 saturated heterocycles. The quantitative estimate of drug-likeness (QED) is 0.864. The van der Waals surface area contributed by atoms with Gasteiger partial charge in [0.25, 0.3) is 5.91 Å². The fraction of sp³-hybridized carbons (Fsp3) is 0.500. The Labute approximate surface area is 155 Å². The van der Waals surface area contributed by atoms with Gasteiger partial charge in [-0.15, -0.1) is 0 Å². The van der Waals surface area contributed by atoms with Gasteiger partial charge in [-0.3, -0.25) is 4.79 Å². The SMILES string of the molecule is CN(C)CCCn1ccnc1C1CCCN(C(=O)c2ccc(O)cc2)C1. The van der Waals surface area contributed by atoms with Crippen molar-refractivity contribution in [2.24, 2.45) is 0 Å². The van der Waals surface area contributed by atoms with E-state index in [1.54, 1.807) is 24.3 Å². The minimum atomic E-state index is 0.0282. The number of hydrogen-bond donors (Lipinski definition) is 1. The molecule has 1 aliphatic rings. The first-order chi connectivity index (χ1) is 12.5. The van der Waals surface area contributed by atoms with Gasteiger partial charge in [0, 0.05) is 43.5 Å². The number of piperidine rings is 1. The number of phenolic OH excluding ortho intramolecular Hbond substituents is 1. The van der Waals surface area contributed by atoms with Crippen LogP contribution >= 0.6 is 0 Å². The molecule has 0 spiro atoms. The van der Waals surface area contributed by atoms with Crippen LogP contribution in [-0.2, 0) is 6.54 Å². The Morgan fingerprint density at radius 2 is 2.08 bits per heavy atom. The lowest BCUT2D eigenvalue weighted by Crippen LogP contribution is -2.39. The molecule has 1 unspecified atom stereocenters. The topological polar surface area (TPSA) is 61.6 Å². The molecule has 2 heterocycles. The van der Waals surface area contributed by atoms with E-state index in [2.05, 4.69) is 28.5 Å². The lowest BCUT2D eigenvalue weighted by Gasteiger charge is -2.33. The van der Waals surface area contributed by atoms with Crippen molar-refractivity contribution in [1.29, 1.82) is 0 Å². The van der Waals surface area contributed by atoms with Crippen LogP contribution in [0.4, 0.5) is 0 Å². The van der Waals surface area contributed by atoms with Crippen LogP contribution in [-0.4, -0.2) is 64.1 Å². The van der Waals surface area contributed by atoms with Crippen LogP contribution in [0, 0.1) is 0 Å². The third-order valence-corrected chi connectivity index (χ3v) is 4.94. The number of benzene rings is 1.